The first kappa shape index (κ1) is 18.0. The number of aliphatic hydroxyl groups is 1. The number of carbonyl (C=O) groups excluding carboxylic acids is 1. The van der Waals surface area contributed by atoms with Crippen LogP contribution in [0.1, 0.15) is 55.5 Å². The highest BCUT2D eigenvalue weighted by molar-refractivity contribution is 5.94. The number of nitrogens with one attached hydrogen (secondary N) is 1. The van der Waals surface area contributed by atoms with Crippen LogP contribution in [0.4, 0.5) is 0 Å². The Morgan fingerprint density at radius 2 is 2.09 bits per heavy atom. The number of carbonyl (C=O) groups is 1. The molecule has 23 heavy (non-hydrogen) atoms. The molecule has 1 aromatic rings. The van der Waals surface area contributed by atoms with Crippen LogP contribution in [0, 0.1) is 5.92 Å². The summed E-state index contributed by atoms with van der Waals surface area (Å²) in [5.74, 6) is 0.559. The van der Waals surface area contributed by atoms with Gasteiger partial charge in [-0.1, -0.05) is 12.1 Å². The van der Waals surface area contributed by atoms with Crippen LogP contribution >= 0.6 is 0 Å². The maximum absolute atomic E-state index is 12.1. The van der Waals surface area contributed by atoms with E-state index in [0.29, 0.717) is 24.4 Å². The Morgan fingerprint density at radius 1 is 1.35 bits per heavy atom. The van der Waals surface area contributed by atoms with Crippen LogP contribution in [0.5, 0.6) is 0 Å². The van der Waals surface area contributed by atoms with E-state index in [1.165, 1.54) is 6.42 Å². The van der Waals surface area contributed by atoms with E-state index >= 15 is 0 Å². The fraction of sp³-hybridized carbons (Fsp3) is 0.632. The lowest BCUT2D eigenvalue weighted by molar-refractivity contribution is 0.0514. The zero-order valence-electron chi connectivity index (χ0n) is 14.3. The van der Waals surface area contributed by atoms with Gasteiger partial charge in [0, 0.05) is 25.3 Å². The first-order chi connectivity index (χ1) is 10.9. The summed E-state index contributed by atoms with van der Waals surface area (Å²) in [5.41, 5.74) is 1.18. The van der Waals surface area contributed by atoms with Crippen molar-refractivity contribution in [1.29, 1.82) is 0 Å². The number of aryl methyl sites for hydroxylation is 1. The van der Waals surface area contributed by atoms with Crippen molar-refractivity contribution in [2.45, 2.75) is 51.6 Å². The molecule has 0 aromatic heterocycles. The summed E-state index contributed by atoms with van der Waals surface area (Å²) in [5, 5.41) is 12.7. The quantitative estimate of drug-likeness (QED) is 0.812. The van der Waals surface area contributed by atoms with Gasteiger partial charge in [-0.15, -0.1) is 0 Å². The van der Waals surface area contributed by atoms with Crippen molar-refractivity contribution in [2.24, 2.45) is 5.92 Å². The third-order valence-corrected chi connectivity index (χ3v) is 4.33. The van der Waals surface area contributed by atoms with E-state index < -0.39 is 5.60 Å². The second-order valence-electron chi connectivity index (χ2n) is 7.14. The second-order valence-corrected chi connectivity index (χ2v) is 7.14. The highest BCUT2D eigenvalue weighted by Crippen LogP contribution is 2.16. The Morgan fingerprint density at radius 3 is 2.70 bits per heavy atom. The molecule has 0 saturated carbocycles. The molecule has 1 aliphatic rings. The lowest BCUT2D eigenvalue weighted by Gasteiger charge is -2.21. The van der Waals surface area contributed by atoms with Crippen LogP contribution in [0.25, 0.3) is 0 Å². The molecule has 1 saturated heterocycles. The van der Waals surface area contributed by atoms with E-state index in [1.807, 2.05) is 38.1 Å². The summed E-state index contributed by atoms with van der Waals surface area (Å²) >= 11 is 0. The summed E-state index contributed by atoms with van der Waals surface area (Å²) in [7, 11) is 0. The molecule has 0 radical (unpaired) electrons. The van der Waals surface area contributed by atoms with Crippen LogP contribution in [0.2, 0.25) is 0 Å². The van der Waals surface area contributed by atoms with Crippen molar-refractivity contribution in [3.05, 3.63) is 35.4 Å². The van der Waals surface area contributed by atoms with Gasteiger partial charge in [-0.3, -0.25) is 4.79 Å². The van der Waals surface area contributed by atoms with Crippen LogP contribution in [-0.4, -0.2) is 36.4 Å². The van der Waals surface area contributed by atoms with Crippen molar-refractivity contribution < 1.29 is 14.6 Å². The lowest BCUT2D eigenvalue weighted by atomic mass is 9.98. The SMILES string of the molecule is CC(C)(O)CCc1ccc(C(=O)NCCC2CCCOC2)cc1. The van der Waals surface area contributed by atoms with Gasteiger partial charge in [-0.25, -0.2) is 0 Å². The van der Waals surface area contributed by atoms with Crippen molar-refractivity contribution >= 4 is 5.91 Å². The van der Waals surface area contributed by atoms with Gasteiger partial charge in [-0.05, 0) is 69.6 Å². The zero-order valence-corrected chi connectivity index (χ0v) is 14.3. The fourth-order valence-corrected chi connectivity index (χ4v) is 2.80. The minimum Gasteiger partial charge on any atom is -0.390 e. The number of rotatable bonds is 7. The van der Waals surface area contributed by atoms with Gasteiger partial charge in [0.1, 0.15) is 0 Å². The van der Waals surface area contributed by atoms with Crippen LogP contribution in [0.3, 0.4) is 0 Å². The fourth-order valence-electron chi connectivity index (χ4n) is 2.80. The van der Waals surface area contributed by atoms with Gasteiger partial charge in [-0.2, -0.15) is 0 Å². The highest BCUT2D eigenvalue weighted by atomic mass is 16.5. The smallest absolute Gasteiger partial charge is 0.251 e. The maximum atomic E-state index is 12.1. The van der Waals surface area contributed by atoms with E-state index in [9.17, 15) is 9.90 Å². The average molecular weight is 319 g/mol. The lowest BCUT2D eigenvalue weighted by Crippen LogP contribution is -2.28. The van der Waals surface area contributed by atoms with E-state index in [1.54, 1.807) is 0 Å². The second kappa shape index (κ2) is 8.46. The Bertz CT molecular complexity index is 484. The molecule has 1 unspecified atom stereocenters. The Balaban J connectivity index is 1.73. The van der Waals surface area contributed by atoms with Crippen LogP contribution in [-0.2, 0) is 11.2 Å². The molecule has 0 spiro atoms. The summed E-state index contributed by atoms with van der Waals surface area (Å²) in [6.45, 7) is 6.03. The number of amides is 1. The minimum atomic E-state index is -0.654. The molecule has 1 heterocycles. The van der Waals surface area contributed by atoms with E-state index in [4.69, 9.17) is 4.74 Å². The molecular weight excluding hydrogens is 290 g/mol. The molecule has 0 aliphatic carbocycles. The Labute approximate surface area is 139 Å². The molecule has 1 aromatic carbocycles. The number of benzene rings is 1. The molecule has 1 atom stereocenters. The minimum absolute atomic E-state index is 0.0178. The third kappa shape index (κ3) is 6.71. The van der Waals surface area contributed by atoms with Crippen LogP contribution in [0.15, 0.2) is 24.3 Å². The van der Waals surface area contributed by atoms with E-state index in [-0.39, 0.29) is 5.91 Å². The Hall–Kier alpha value is -1.39. The van der Waals surface area contributed by atoms with Gasteiger partial charge in [0.25, 0.3) is 5.91 Å². The highest BCUT2D eigenvalue weighted by Gasteiger charge is 2.15. The zero-order chi connectivity index (χ0) is 16.7. The predicted molar refractivity (Wildman–Crippen MR) is 91.6 cm³/mol. The van der Waals surface area contributed by atoms with Gasteiger partial charge in [0.15, 0.2) is 0 Å². The van der Waals surface area contributed by atoms with E-state index in [2.05, 4.69) is 5.32 Å². The number of ether oxygens (including phenoxy) is 1. The first-order valence-corrected chi connectivity index (χ1v) is 8.61. The normalized spacial score (nSPS) is 18.7. The predicted octanol–water partition coefficient (Wildman–Crippen LogP) is 2.94. The largest absolute Gasteiger partial charge is 0.390 e. The van der Waals surface area contributed by atoms with Crippen molar-refractivity contribution in [3.63, 3.8) is 0 Å². The molecule has 128 valence electrons. The van der Waals surface area contributed by atoms with E-state index in [0.717, 1.165) is 38.0 Å². The summed E-state index contributed by atoms with van der Waals surface area (Å²) < 4.78 is 5.45. The molecule has 4 heteroatoms. The maximum Gasteiger partial charge on any atom is 0.251 e. The number of hydrogen-bond donors (Lipinski definition) is 2. The Kier molecular flexibility index (Phi) is 6.60. The monoisotopic (exact) mass is 319 g/mol. The van der Waals surface area contributed by atoms with Crippen molar-refractivity contribution in [2.75, 3.05) is 19.8 Å². The molecule has 1 aliphatic heterocycles. The van der Waals surface area contributed by atoms with Crippen LogP contribution < -0.4 is 5.32 Å². The molecule has 1 amide bonds. The van der Waals surface area contributed by atoms with Crippen molar-refractivity contribution in [3.8, 4) is 0 Å². The topological polar surface area (TPSA) is 58.6 Å². The summed E-state index contributed by atoms with van der Waals surface area (Å²) in [4.78, 5) is 12.1. The molecule has 0 bridgehead atoms. The summed E-state index contributed by atoms with van der Waals surface area (Å²) in [6, 6.07) is 7.66. The van der Waals surface area contributed by atoms with Gasteiger partial charge in [0.2, 0.25) is 0 Å². The molecule has 1 fully saturated rings. The van der Waals surface area contributed by atoms with Gasteiger partial charge in [0.05, 0.1) is 5.60 Å². The molecular formula is C19H29NO3. The molecule has 2 N–H and O–H groups in total. The third-order valence-electron chi connectivity index (χ3n) is 4.33. The van der Waals surface area contributed by atoms with Gasteiger partial charge >= 0.3 is 0 Å². The molecule has 2 rings (SSSR count). The average Bonchev–Trinajstić information content (AvgIpc) is 2.54. The first-order valence-electron chi connectivity index (χ1n) is 8.61. The standard InChI is InChI=1S/C19H29NO3/c1-19(2,22)11-9-15-5-7-17(8-6-15)18(21)20-12-10-16-4-3-13-23-14-16/h5-8,16,22H,3-4,9-14H2,1-2H3,(H,20,21). The molecule has 4 nitrogen and oxygen atoms in total. The number of hydrogen-bond acceptors (Lipinski definition) is 3. The van der Waals surface area contributed by atoms with Gasteiger partial charge < -0.3 is 15.2 Å². The summed E-state index contributed by atoms with van der Waals surface area (Å²) in [6.07, 6.45) is 4.83. The van der Waals surface area contributed by atoms with Crippen molar-refractivity contribution in [1.82, 2.24) is 5.32 Å².